The maximum absolute atomic E-state index is 10.9. The Morgan fingerprint density at radius 2 is 2.08 bits per heavy atom. The van der Waals surface area contributed by atoms with Gasteiger partial charge < -0.3 is 5.32 Å². The van der Waals surface area contributed by atoms with Gasteiger partial charge in [-0.1, -0.05) is 13.0 Å². The number of ketones is 1. The van der Waals surface area contributed by atoms with Crippen LogP contribution in [0.4, 0.5) is 0 Å². The van der Waals surface area contributed by atoms with Crippen LogP contribution in [0.5, 0.6) is 0 Å². The SMILES string of the molecule is CCC(=O)c1cccs1.CNC.Cl. The second-order valence-corrected chi connectivity index (χ2v) is 3.20. The smallest absolute Gasteiger partial charge is 0.172 e. The summed E-state index contributed by atoms with van der Waals surface area (Å²) < 4.78 is 0. The molecule has 0 saturated heterocycles. The summed E-state index contributed by atoms with van der Waals surface area (Å²) in [6, 6.07) is 3.75. The normalized spacial score (nSPS) is 7.92. The molecule has 1 aromatic heterocycles. The van der Waals surface area contributed by atoms with Gasteiger partial charge >= 0.3 is 0 Å². The lowest BCUT2D eigenvalue weighted by Crippen LogP contribution is -1.90. The summed E-state index contributed by atoms with van der Waals surface area (Å²) in [6.07, 6.45) is 0.612. The number of hydrogen-bond acceptors (Lipinski definition) is 3. The van der Waals surface area contributed by atoms with Gasteiger partial charge in [-0.2, -0.15) is 0 Å². The summed E-state index contributed by atoms with van der Waals surface area (Å²) in [6.45, 7) is 1.88. The molecule has 0 amide bonds. The molecule has 0 saturated carbocycles. The molecule has 1 rings (SSSR count). The van der Waals surface area contributed by atoms with Crippen molar-refractivity contribution >= 4 is 29.5 Å². The molecule has 0 aliphatic carbocycles. The fraction of sp³-hybridized carbons (Fsp3) is 0.444. The second-order valence-electron chi connectivity index (χ2n) is 2.25. The average Bonchev–Trinajstić information content (AvgIpc) is 2.56. The number of halogens is 1. The van der Waals surface area contributed by atoms with E-state index in [4.69, 9.17) is 0 Å². The zero-order valence-corrected chi connectivity index (χ0v) is 9.80. The molecule has 0 atom stereocenters. The molecule has 1 heterocycles. The molecule has 0 fully saturated rings. The first-order valence-electron chi connectivity index (χ1n) is 3.91. The van der Waals surface area contributed by atoms with E-state index >= 15 is 0 Å². The van der Waals surface area contributed by atoms with Crippen molar-refractivity contribution in [2.24, 2.45) is 0 Å². The molecular weight excluding hydrogens is 206 g/mol. The van der Waals surface area contributed by atoms with E-state index in [1.165, 1.54) is 11.3 Å². The maximum atomic E-state index is 10.9. The van der Waals surface area contributed by atoms with E-state index in [2.05, 4.69) is 5.32 Å². The largest absolute Gasteiger partial charge is 0.323 e. The highest BCUT2D eigenvalue weighted by atomic mass is 35.5. The maximum Gasteiger partial charge on any atom is 0.172 e. The molecule has 0 spiro atoms. The van der Waals surface area contributed by atoms with Crippen LogP contribution >= 0.6 is 23.7 Å². The summed E-state index contributed by atoms with van der Waals surface area (Å²) in [5, 5.41) is 4.67. The lowest BCUT2D eigenvalue weighted by atomic mass is 10.3. The van der Waals surface area contributed by atoms with Gasteiger partial charge in [-0.25, -0.2) is 0 Å². The molecule has 0 bridgehead atoms. The third kappa shape index (κ3) is 6.75. The highest BCUT2D eigenvalue weighted by Crippen LogP contribution is 2.10. The summed E-state index contributed by atoms with van der Waals surface area (Å²) >= 11 is 1.51. The van der Waals surface area contributed by atoms with E-state index in [0.29, 0.717) is 6.42 Å². The number of hydrogen-bond donors (Lipinski definition) is 1. The molecule has 0 unspecified atom stereocenters. The minimum absolute atomic E-state index is 0. The van der Waals surface area contributed by atoms with Crippen LogP contribution in [0, 0.1) is 0 Å². The van der Waals surface area contributed by atoms with E-state index in [9.17, 15) is 4.79 Å². The van der Waals surface area contributed by atoms with Gasteiger partial charge in [0.15, 0.2) is 5.78 Å². The zero-order valence-electron chi connectivity index (χ0n) is 8.16. The van der Waals surface area contributed by atoms with Gasteiger partial charge in [0.2, 0.25) is 0 Å². The third-order valence-corrected chi connectivity index (χ3v) is 2.03. The van der Waals surface area contributed by atoms with E-state index in [1.807, 2.05) is 38.5 Å². The van der Waals surface area contributed by atoms with Crippen molar-refractivity contribution in [3.05, 3.63) is 22.4 Å². The molecule has 1 aromatic rings. The predicted molar refractivity (Wildman–Crippen MR) is 61.2 cm³/mol. The Kier molecular flexibility index (Phi) is 11.3. The van der Waals surface area contributed by atoms with Crippen molar-refractivity contribution in [2.45, 2.75) is 13.3 Å². The van der Waals surface area contributed by atoms with Crippen molar-refractivity contribution in [2.75, 3.05) is 14.1 Å². The van der Waals surface area contributed by atoms with Gasteiger partial charge in [0, 0.05) is 6.42 Å². The molecule has 1 N–H and O–H groups in total. The number of thiophene rings is 1. The topological polar surface area (TPSA) is 29.1 Å². The molecule has 0 aromatic carbocycles. The lowest BCUT2D eigenvalue weighted by molar-refractivity contribution is 0.0992. The first-order chi connectivity index (χ1) is 5.76. The Hall–Kier alpha value is -0.380. The van der Waals surface area contributed by atoms with Crippen LogP contribution in [0.25, 0.3) is 0 Å². The Bertz CT molecular complexity index is 211. The van der Waals surface area contributed by atoms with Gasteiger partial charge in [-0.3, -0.25) is 4.79 Å². The van der Waals surface area contributed by atoms with Crippen LogP contribution in [0.3, 0.4) is 0 Å². The minimum Gasteiger partial charge on any atom is -0.323 e. The predicted octanol–water partition coefficient (Wildman–Crippen LogP) is 2.60. The fourth-order valence-electron chi connectivity index (χ4n) is 0.611. The molecule has 0 aliphatic rings. The second kappa shape index (κ2) is 9.71. The monoisotopic (exact) mass is 221 g/mol. The lowest BCUT2D eigenvalue weighted by Gasteiger charge is -1.86. The van der Waals surface area contributed by atoms with E-state index in [-0.39, 0.29) is 18.2 Å². The highest BCUT2D eigenvalue weighted by Gasteiger charge is 2.00. The van der Waals surface area contributed by atoms with Crippen molar-refractivity contribution < 1.29 is 4.79 Å². The van der Waals surface area contributed by atoms with Crippen molar-refractivity contribution in [1.82, 2.24) is 5.32 Å². The van der Waals surface area contributed by atoms with Crippen LogP contribution in [0.15, 0.2) is 17.5 Å². The quantitative estimate of drug-likeness (QED) is 0.778. The highest BCUT2D eigenvalue weighted by molar-refractivity contribution is 7.12. The standard InChI is InChI=1S/C7H8OS.C2H7N.ClH/c1-2-6(8)7-4-3-5-9-7;1-3-2;/h3-5H,2H2,1H3;3H,1-2H3;1H. The van der Waals surface area contributed by atoms with Crippen molar-refractivity contribution in [3.63, 3.8) is 0 Å². The molecular formula is C9H16ClNOS. The Labute approximate surface area is 89.8 Å². The van der Waals surface area contributed by atoms with Crippen molar-refractivity contribution in [1.29, 1.82) is 0 Å². The Balaban J connectivity index is 0. The van der Waals surface area contributed by atoms with Crippen LogP contribution in [-0.2, 0) is 0 Å². The summed E-state index contributed by atoms with van der Waals surface area (Å²) in [5.74, 6) is 0.241. The number of nitrogens with one attached hydrogen (secondary N) is 1. The van der Waals surface area contributed by atoms with Gasteiger partial charge in [0.05, 0.1) is 4.88 Å². The zero-order chi connectivity index (χ0) is 9.40. The summed E-state index contributed by atoms with van der Waals surface area (Å²) in [5.41, 5.74) is 0. The van der Waals surface area contributed by atoms with E-state index in [1.54, 1.807) is 0 Å². The van der Waals surface area contributed by atoms with E-state index in [0.717, 1.165) is 4.88 Å². The van der Waals surface area contributed by atoms with E-state index < -0.39 is 0 Å². The fourth-order valence-corrected chi connectivity index (χ4v) is 1.35. The number of carbonyl (C=O) groups excluding carboxylic acids is 1. The van der Waals surface area contributed by atoms with Crippen LogP contribution < -0.4 is 5.32 Å². The van der Waals surface area contributed by atoms with Gasteiger partial charge in [0.1, 0.15) is 0 Å². The van der Waals surface area contributed by atoms with Crippen LogP contribution in [0.2, 0.25) is 0 Å². The number of carbonyl (C=O) groups is 1. The van der Waals surface area contributed by atoms with Crippen molar-refractivity contribution in [3.8, 4) is 0 Å². The first kappa shape index (κ1) is 15.1. The molecule has 0 radical (unpaired) electrons. The van der Waals surface area contributed by atoms with Gasteiger partial charge in [0.25, 0.3) is 0 Å². The summed E-state index contributed by atoms with van der Waals surface area (Å²) in [7, 11) is 3.75. The number of Topliss-reactive ketones (excluding diaryl/α,β-unsaturated/α-hetero) is 1. The average molecular weight is 222 g/mol. The van der Waals surface area contributed by atoms with Gasteiger partial charge in [-0.15, -0.1) is 23.7 Å². The molecule has 0 aliphatic heterocycles. The molecule has 76 valence electrons. The van der Waals surface area contributed by atoms with Crippen LogP contribution in [-0.4, -0.2) is 19.9 Å². The Morgan fingerprint density at radius 3 is 2.38 bits per heavy atom. The molecule has 2 nitrogen and oxygen atoms in total. The summed E-state index contributed by atoms with van der Waals surface area (Å²) in [4.78, 5) is 11.8. The molecule has 4 heteroatoms. The van der Waals surface area contributed by atoms with Crippen LogP contribution in [0.1, 0.15) is 23.0 Å². The Morgan fingerprint density at radius 1 is 1.54 bits per heavy atom. The van der Waals surface area contributed by atoms with Gasteiger partial charge in [-0.05, 0) is 25.5 Å². The minimum atomic E-state index is 0. The first-order valence-corrected chi connectivity index (χ1v) is 4.79. The number of rotatable bonds is 2. The third-order valence-electron chi connectivity index (χ3n) is 1.12. The molecule has 13 heavy (non-hydrogen) atoms.